The molecule has 1 amide bonds. The number of nitrogens with one attached hydrogen (secondary N) is 1. The average molecular weight is 547 g/mol. The molecule has 0 atom stereocenters. The highest BCUT2D eigenvalue weighted by Gasteiger charge is 2.35. The lowest BCUT2D eigenvalue weighted by Gasteiger charge is -2.20. The maximum atomic E-state index is 12.8. The zero-order chi connectivity index (χ0) is 23.8. The minimum absolute atomic E-state index is 0.0113. The van der Waals surface area contributed by atoms with Crippen LogP contribution in [-0.2, 0) is 14.9 Å². The van der Waals surface area contributed by atoms with Crippen LogP contribution in [-0.4, -0.2) is 35.4 Å². The van der Waals surface area contributed by atoms with Gasteiger partial charge < -0.3 is 4.18 Å². The van der Waals surface area contributed by atoms with E-state index in [1.807, 2.05) is 13.8 Å². The summed E-state index contributed by atoms with van der Waals surface area (Å²) < 4.78 is 31.7. The molecule has 2 aliphatic heterocycles. The zero-order valence-electron chi connectivity index (χ0n) is 17.7. The highest BCUT2D eigenvalue weighted by molar-refractivity contribution is 9.10. The van der Waals surface area contributed by atoms with Crippen molar-refractivity contribution >= 4 is 65.8 Å². The monoisotopic (exact) mass is 546 g/mol. The first-order chi connectivity index (χ1) is 15.7. The molecule has 0 spiro atoms. The predicted molar refractivity (Wildman–Crippen MR) is 133 cm³/mol. The molecule has 2 heterocycles. The molecule has 0 aromatic heterocycles. The molecular formula is C22H19BrN4O4S2. The molecule has 0 aliphatic carbocycles. The van der Waals surface area contributed by atoms with Crippen LogP contribution < -0.4 is 4.18 Å². The Labute approximate surface area is 204 Å². The summed E-state index contributed by atoms with van der Waals surface area (Å²) in [7, 11) is -4.11. The van der Waals surface area contributed by atoms with Crippen molar-refractivity contribution in [3.63, 3.8) is 0 Å². The minimum atomic E-state index is -4.11. The van der Waals surface area contributed by atoms with Gasteiger partial charge in [0.1, 0.15) is 15.7 Å². The Morgan fingerprint density at radius 2 is 1.94 bits per heavy atom. The van der Waals surface area contributed by atoms with Crippen molar-refractivity contribution in [2.75, 3.05) is 0 Å². The Hall–Kier alpha value is -2.76. The van der Waals surface area contributed by atoms with E-state index in [1.54, 1.807) is 24.3 Å². The van der Waals surface area contributed by atoms with Crippen LogP contribution in [0.15, 0.2) is 67.5 Å². The van der Waals surface area contributed by atoms with Gasteiger partial charge in [-0.15, -0.1) is 0 Å². The number of fused-ring (bicyclic) bond motifs is 1. The number of aliphatic imine (C=N–C) groups is 1. The second-order valence-electron chi connectivity index (χ2n) is 7.30. The lowest BCUT2D eigenvalue weighted by atomic mass is 10.1. The molecule has 33 heavy (non-hydrogen) atoms. The molecule has 170 valence electrons. The van der Waals surface area contributed by atoms with E-state index in [0.717, 1.165) is 23.4 Å². The van der Waals surface area contributed by atoms with Crippen molar-refractivity contribution in [2.45, 2.75) is 31.6 Å². The van der Waals surface area contributed by atoms with Gasteiger partial charge >= 0.3 is 10.1 Å². The topological polar surface area (TPSA) is 112 Å². The molecular weight excluding hydrogens is 528 g/mol. The average Bonchev–Trinajstić information content (AvgIpc) is 3.16. The van der Waals surface area contributed by atoms with Crippen LogP contribution in [0.3, 0.4) is 0 Å². The van der Waals surface area contributed by atoms with Gasteiger partial charge in [0.15, 0.2) is 5.84 Å². The van der Waals surface area contributed by atoms with Gasteiger partial charge in [0, 0.05) is 10.0 Å². The number of rotatable bonds is 6. The fraction of sp³-hybridized carbons (Fsp3) is 0.182. The number of halogens is 1. The molecule has 0 saturated heterocycles. The van der Waals surface area contributed by atoms with Gasteiger partial charge in [0.2, 0.25) is 5.17 Å². The summed E-state index contributed by atoms with van der Waals surface area (Å²) >= 11 is 4.63. The number of carbonyl (C=O) groups is 1. The van der Waals surface area contributed by atoms with Crippen LogP contribution in [0.2, 0.25) is 0 Å². The molecule has 0 unspecified atom stereocenters. The smallest absolute Gasteiger partial charge is 0.339 e. The van der Waals surface area contributed by atoms with Gasteiger partial charge in [-0.25, -0.2) is 0 Å². The second-order valence-corrected chi connectivity index (χ2v) is 10.8. The molecule has 0 radical (unpaired) electrons. The molecule has 4 rings (SSSR count). The zero-order valence-corrected chi connectivity index (χ0v) is 20.9. The van der Waals surface area contributed by atoms with Crippen molar-refractivity contribution < 1.29 is 17.4 Å². The molecule has 2 aromatic rings. The largest absolute Gasteiger partial charge is 0.378 e. The van der Waals surface area contributed by atoms with Crippen LogP contribution >= 0.6 is 27.7 Å². The van der Waals surface area contributed by atoms with E-state index < -0.39 is 16.0 Å². The van der Waals surface area contributed by atoms with Gasteiger partial charge in [0.25, 0.3) is 5.91 Å². The third kappa shape index (κ3) is 4.94. The Balaban J connectivity index is 1.70. The highest BCUT2D eigenvalue weighted by atomic mass is 79.9. The number of nitrogens with zero attached hydrogens (tertiary/aromatic N) is 3. The fourth-order valence-corrected chi connectivity index (χ4v) is 5.40. The van der Waals surface area contributed by atoms with E-state index in [1.165, 1.54) is 41.0 Å². The number of carbonyl (C=O) groups excluding carboxylic acids is 1. The van der Waals surface area contributed by atoms with E-state index in [-0.39, 0.29) is 22.1 Å². The number of aryl methyl sites for hydroxylation is 1. The lowest BCUT2D eigenvalue weighted by molar-refractivity contribution is -0.114. The maximum absolute atomic E-state index is 12.8. The van der Waals surface area contributed by atoms with Crippen LogP contribution in [0.1, 0.15) is 30.9 Å². The predicted octanol–water partition coefficient (Wildman–Crippen LogP) is 4.94. The van der Waals surface area contributed by atoms with E-state index in [2.05, 4.69) is 26.0 Å². The number of hydrogen-bond donors (Lipinski definition) is 1. The molecule has 0 fully saturated rings. The number of amides is 1. The molecule has 8 nitrogen and oxygen atoms in total. The molecule has 0 saturated carbocycles. The van der Waals surface area contributed by atoms with Crippen molar-refractivity contribution in [3.8, 4) is 5.75 Å². The third-order valence-electron chi connectivity index (χ3n) is 4.74. The molecule has 2 aliphatic rings. The second kappa shape index (κ2) is 9.24. The van der Waals surface area contributed by atoms with E-state index in [0.29, 0.717) is 15.2 Å². The van der Waals surface area contributed by atoms with Gasteiger partial charge in [-0.2, -0.15) is 23.5 Å². The Kier molecular flexibility index (Phi) is 6.55. The summed E-state index contributed by atoms with van der Waals surface area (Å²) in [6.07, 6.45) is 3.00. The number of hydrogen-bond acceptors (Lipinski definition) is 7. The highest BCUT2D eigenvalue weighted by Crippen LogP contribution is 2.32. The van der Waals surface area contributed by atoms with E-state index >= 15 is 0 Å². The van der Waals surface area contributed by atoms with Crippen molar-refractivity contribution in [2.24, 2.45) is 10.1 Å². The van der Waals surface area contributed by atoms with Crippen LogP contribution in [0, 0.1) is 12.3 Å². The summed E-state index contributed by atoms with van der Waals surface area (Å²) in [5.41, 5.74) is 1.20. The van der Waals surface area contributed by atoms with Crippen LogP contribution in [0.5, 0.6) is 5.75 Å². The summed E-state index contributed by atoms with van der Waals surface area (Å²) in [4.78, 5) is 16.8. The number of hydrazone groups is 1. The number of benzene rings is 2. The van der Waals surface area contributed by atoms with Crippen molar-refractivity contribution in [3.05, 3.63) is 63.6 Å². The quantitative estimate of drug-likeness (QED) is 0.405. The summed E-state index contributed by atoms with van der Waals surface area (Å²) in [5.74, 6) is -0.706. The first-order valence-electron chi connectivity index (χ1n) is 9.98. The first-order valence-corrected chi connectivity index (χ1v) is 13.0. The van der Waals surface area contributed by atoms with E-state index in [9.17, 15) is 13.2 Å². The van der Waals surface area contributed by atoms with Gasteiger partial charge in [-0.05, 0) is 67.9 Å². The van der Waals surface area contributed by atoms with Crippen LogP contribution in [0.25, 0.3) is 6.08 Å². The molecule has 2 aromatic carbocycles. The van der Waals surface area contributed by atoms with Gasteiger partial charge in [-0.1, -0.05) is 40.5 Å². The van der Waals surface area contributed by atoms with Crippen LogP contribution in [0.4, 0.5) is 0 Å². The molecule has 0 bridgehead atoms. The maximum Gasteiger partial charge on any atom is 0.339 e. The first kappa shape index (κ1) is 23.4. The fourth-order valence-electron chi connectivity index (χ4n) is 3.08. The van der Waals surface area contributed by atoms with Crippen molar-refractivity contribution in [1.82, 2.24) is 5.01 Å². The number of amidine groups is 2. The molecule has 1 N–H and O–H groups in total. The Morgan fingerprint density at radius 3 is 2.64 bits per heavy atom. The molecule has 11 heteroatoms. The van der Waals surface area contributed by atoms with Gasteiger partial charge in [0.05, 0.1) is 5.57 Å². The third-order valence-corrected chi connectivity index (χ3v) is 7.45. The Morgan fingerprint density at radius 1 is 1.21 bits per heavy atom. The standard InChI is InChI=1S/C22H19BrN4O4S2/c1-3-4-19-26-27-20(24)17(21(28)25-22(27)32-19)12-14-11-15(23)7-10-18(14)31-33(29,30)16-8-5-13(2)6-9-16/h5-12,24H,3-4H2,1-2H3/b17-12+,24-20?. The van der Waals surface area contributed by atoms with E-state index in [4.69, 9.17) is 9.59 Å². The minimum Gasteiger partial charge on any atom is -0.378 e. The van der Waals surface area contributed by atoms with Gasteiger partial charge in [-0.3, -0.25) is 10.2 Å². The number of thioether (sulfide) groups is 1. The lowest BCUT2D eigenvalue weighted by Crippen LogP contribution is -2.35. The van der Waals surface area contributed by atoms with Crippen molar-refractivity contribution in [1.29, 1.82) is 5.41 Å². The summed E-state index contributed by atoms with van der Waals surface area (Å²) in [6.45, 7) is 3.87. The summed E-state index contributed by atoms with van der Waals surface area (Å²) in [5, 5.41) is 15.3. The normalized spacial score (nSPS) is 17.2. The Bertz CT molecular complexity index is 1350. The summed E-state index contributed by atoms with van der Waals surface area (Å²) in [6, 6.07) is 11.0. The SMILES string of the molecule is CCCC1=NN2C(=N)/C(=C\c3cc(Br)ccc3OS(=O)(=O)c3ccc(C)cc3)C(=O)N=C2S1.